The Morgan fingerprint density at radius 2 is 1.86 bits per heavy atom. The Kier molecular flexibility index (Phi) is 5.03. The molecule has 8 heteroatoms. The van der Waals surface area contributed by atoms with Crippen LogP contribution < -0.4 is 4.90 Å². The second kappa shape index (κ2) is 7.77. The minimum Gasteiger partial charge on any atom is -0.425 e. The van der Waals surface area contributed by atoms with Crippen LogP contribution in [0, 0.1) is 12.7 Å². The molecule has 0 fully saturated rings. The smallest absolute Gasteiger partial charge is 0.283 e. The topological polar surface area (TPSA) is 71.6 Å². The highest BCUT2D eigenvalue weighted by atomic mass is 32.2. The zero-order chi connectivity index (χ0) is 19.5. The molecule has 0 bridgehead atoms. The van der Waals surface area contributed by atoms with Gasteiger partial charge in [-0.05, 0) is 35.9 Å². The van der Waals surface area contributed by atoms with Gasteiger partial charge in [0.25, 0.3) is 5.91 Å². The molecule has 0 saturated carbocycles. The van der Waals surface area contributed by atoms with Gasteiger partial charge >= 0.3 is 0 Å². The van der Waals surface area contributed by atoms with Crippen LogP contribution in [0.2, 0.25) is 0 Å². The highest BCUT2D eigenvalue weighted by Gasteiger charge is 2.32. The number of amides is 1. The van der Waals surface area contributed by atoms with E-state index in [1.54, 1.807) is 25.1 Å². The summed E-state index contributed by atoms with van der Waals surface area (Å²) in [5.74, 6) is 0.628. The van der Waals surface area contributed by atoms with Gasteiger partial charge in [0.05, 0.1) is 11.4 Å². The Labute approximate surface area is 164 Å². The molecule has 3 aromatic rings. The van der Waals surface area contributed by atoms with Crippen LogP contribution in [0.5, 0.6) is 0 Å². The first-order valence-electron chi connectivity index (χ1n) is 8.47. The first kappa shape index (κ1) is 18.1. The Morgan fingerprint density at radius 3 is 2.54 bits per heavy atom. The van der Waals surface area contributed by atoms with Crippen molar-refractivity contribution in [3.05, 3.63) is 83.5 Å². The van der Waals surface area contributed by atoms with Gasteiger partial charge in [-0.3, -0.25) is 9.69 Å². The van der Waals surface area contributed by atoms with Crippen molar-refractivity contribution in [2.45, 2.75) is 12.7 Å². The maximum atomic E-state index is 13.3. The highest BCUT2D eigenvalue weighted by Crippen LogP contribution is 2.30. The number of aliphatic imine (C=N–C) groups is 1. The van der Waals surface area contributed by atoms with E-state index in [2.05, 4.69) is 15.2 Å². The molecule has 2 heterocycles. The molecule has 28 heavy (non-hydrogen) atoms. The molecule has 1 aliphatic heterocycles. The second-order valence-electron chi connectivity index (χ2n) is 5.96. The first-order valence-corrected chi connectivity index (χ1v) is 9.46. The first-order chi connectivity index (χ1) is 13.6. The Bertz CT molecular complexity index is 1060. The van der Waals surface area contributed by atoms with E-state index in [0.29, 0.717) is 34.1 Å². The van der Waals surface area contributed by atoms with Crippen molar-refractivity contribution in [2.75, 3.05) is 4.90 Å². The van der Waals surface area contributed by atoms with Crippen molar-refractivity contribution in [1.29, 1.82) is 0 Å². The zero-order valence-electron chi connectivity index (χ0n) is 14.9. The van der Waals surface area contributed by atoms with Gasteiger partial charge in [0, 0.05) is 6.92 Å². The second-order valence-corrected chi connectivity index (χ2v) is 6.90. The number of thioether (sulfide) groups is 1. The summed E-state index contributed by atoms with van der Waals surface area (Å²) in [5.41, 5.74) is 1.71. The van der Waals surface area contributed by atoms with Crippen LogP contribution in [-0.4, -0.2) is 21.3 Å². The summed E-state index contributed by atoms with van der Waals surface area (Å²) in [6.45, 7) is 1.71. The molecule has 4 rings (SSSR count). The van der Waals surface area contributed by atoms with Crippen LogP contribution >= 0.6 is 11.8 Å². The van der Waals surface area contributed by atoms with E-state index in [-0.39, 0.29) is 11.7 Å². The van der Waals surface area contributed by atoms with Gasteiger partial charge in [-0.25, -0.2) is 9.38 Å². The number of hydrogen-bond donors (Lipinski definition) is 0. The standard InChI is InChI=1S/C20H15FN4O2S/c1-13-23-24-18(27-13)12-28-20-22-17(11-14-5-3-2-4-6-14)19(26)25(20)16-9-7-15(21)8-10-16/h2-11H,12H2,1H3/b17-11-. The van der Waals surface area contributed by atoms with Gasteiger partial charge in [-0.2, -0.15) is 0 Å². The molecular weight excluding hydrogens is 379 g/mol. The van der Waals surface area contributed by atoms with Gasteiger partial charge < -0.3 is 4.42 Å². The van der Waals surface area contributed by atoms with Gasteiger partial charge in [0.1, 0.15) is 11.5 Å². The molecule has 140 valence electrons. The van der Waals surface area contributed by atoms with Crippen LogP contribution in [-0.2, 0) is 10.5 Å². The number of aromatic nitrogens is 2. The van der Waals surface area contributed by atoms with E-state index < -0.39 is 0 Å². The third-order valence-corrected chi connectivity index (χ3v) is 4.83. The van der Waals surface area contributed by atoms with E-state index in [0.717, 1.165) is 5.56 Å². The maximum absolute atomic E-state index is 13.3. The molecular formula is C20H15FN4O2S. The zero-order valence-corrected chi connectivity index (χ0v) is 15.7. The number of amidine groups is 1. The lowest BCUT2D eigenvalue weighted by Crippen LogP contribution is -2.30. The molecule has 1 amide bonds. The third-order valence-electron chi connectivity index (χ3n) is 3.91. The summed E-state index contributed by atoms with van der Waals surface area (Å²) in [6.07, 6.45) is 1.73. The summed E-state index contributed by atoms with van der Waals surface area (Å²) < 4.78 is 18.7. The van der Waals surface area contributed by atoms with E-state index in [4.69, 9.17) is 4.42 Å². The van der Waals surface area contributed by atoms with Crippen molar-refractivity contribution in [3.63, 3.8) is 0 Å². The lowest BCUT2D eigenvalue weighted by Gasteiger charge is -2.17. The average molecular weight is 394 g/mol. The highest BCUT2D eigenvalue weighted by molar-refractivity contribution is 8.13. The fourth-order valence-electron chi connectivity index (χ4n) is 2.64. The van der Waals surface area contributed by atoms with Crippen LogP contribution in [0.1, 0.15) is 17.3 Å². The maximum Gasteiger partial charge on any atom is 0.283 e. The van der Waals surface area contributed by atoms with Crippen molar-refractivity contribution in [1.82, 2.24) is 10.2 Å². The third kappa shape index (κ3) is 3.86. The number of anilines is 1. The predicted molar refractivity (Wildman–Crippen MR) is 106 cm³/mol. The normalized spacial score (nSPS) is 15.4. The van der Waals surface area contributed by atoms with Crippen molar-refractivity contribution in [3.8, 4) is 0 Å². The van der Waals surface area contributed by atoms with Gasteiger partial charge in [-0.15, -0.1) is 10.2 Å². The Balaban J connectivity index is 1.66. The average Bonchev–Trinajstić information content (AvgIpc) is 3.25. The van der Waals surface area contributed by atoms with E-state index in [9.17, 15) is 9.18 Å². The number of carbonyl (C=O) groups excluding carboxylic acids is 1. The predicted octanol–water partition coefficient (Wildman–Crippen LogP) is 4.19. The summed E-state index contributed by atoms with van der Waals surface area (Å²) in [7, 11) is 0. The van der Waals surface area contributed by atoms with E-state index in [1.165, 1.54) is 28.8 Å². The molecule has 0 spiro atoms. The molecule has 0 radical (unpaired) electrons. The van der Waals surface area contributed by atoms with Crippen LogP contribution in [0.15, 0.2) is 69.7 Å². The molecule has 0 atom stereocenters. The summed E-state index contributed by atoms with van der Waals surface area (Å²) in [6, 6.07) is 15.2. The minimum absolute atomic E-state index is 0.278. The summed E-state index contributed by atoms with van der Waals surface area (Å²) in [4.78, 5) is 19.0. The molecule has 0 saturated heterocycles. The van der Waals surface area contributed by atoms with Gasteiger partial charge in [0.2, 0.25) is 11.8 Å². The Morgan fingerprint density at radius 1 is 1.11 bits per heavy atom. The van der Waals surface area contributed by atoms with E-state index >= 15 is 0 Å². The number of nitrogens with zero attached hydrogens (tertiary/aromatic N) is 4. The van der Waals surface area contributed by atoms with Crippen LogP contribution in [0.4, 0.5) is 10.1 Å². The quantitative estimate of drug-likeness (QED) is 0.621. The molecule has 2 aromatic carbocycles. The van der Waals surface area contributed by atoms with Crippen molar-refractivity contribution < 1.29 is 13.6 Å². The fraction of sp³-hybridized carbons (Fsp3) is 0.100. The Hall–Kier alpha value is -3.26. The van der Waals surface area contributed by atoms with Crippen molar-refractivity contribution >= 4 is 34.6 Å². The number of benzene rings is 2. The van der Waals surface area contributed by atoms with Crippen molar-refractivity contribution in [2.24, 2.45) is 4.99 Å². The fourth-order valence-corrected chi connectivity index (χ4v) is 3.49. The van der Waals surface area contributed by atoms with Crippen LogP contribution in [0.3, 0.4) is 0 Å². The number of rotatable bonds is 4. The number of hydrogen-bond acceptors (Lipinski definition) is 6. The monoisotopic (exact) mass is 394 g/mol. The van der Waals surface area contributed by atoms with E-state index in [1.807, 2.05) is 30.3 Å². The molecule has 0 aliphatic carbocycles. The molecule has 1 aliphatic rings. The molecule has 6 nitrogen and oxygen atoms in total. The lowest BCUT2D eigenvalue weighted by atomic mass is 10.2. The number of halogens is 1. The van der Waals surface area contributed by atoms with Gasteiger partial charge in [-0.1, -0.05) is 42.1 Å². The summed E-state index contributed by atoms with van der Waals surface area (Å²) in [5, 5.41) is 8.23. The molecule has 1 aromatic heterocycles. The minimum atomic E-state index is -0.372. The number of carbonyl (C=O) groups is 1. The number of aryl methyl sites for hydroxylation is 1. The largest absolute Gasteiger partial charge is 0.425 e. The lowest BCUT2D eigenvalue weighted by molar-refractivity contribution is -0.113. The van der Waals surface area contributed by atoms with Crippen LogP contribution in [0.25, 0.3) is 6.08 Å². The van der Waals surface area contributed by atoms with Gasteiger partial charge in [0.15, 0.2) is 5.17 Å². The SMILES string of the molecule is Cc1nnc(CSC2=N/C(=C\c3ccccc3)C(=O)N2c2ccc(F)cc2)o1. The molecule has 0 unspecified atom stereocenters. The molecule has 0 N–H and O–H groups in total. The summed E-state index contributed by atoms with van der Waals surface area (Å²) >= 11 is 1.30.